The van der Waals surface area contributed by atoms with Gasteiger partial charge in [0.15, 0.2) is 5.75 Å². The smallest absolute Gasteiger partial charge is 0.333 e. The maximum absolute atomic E-state index is 14.1. The first-order chi connectivity index (χ1) is 28.8. The minimum absolute atomic E-state index is 0.00811. The zero-order valence-electron chi connectivity index (χ0n) is 38.3. The number of aromatic hydroxyl groups is 1. The van der Waals surface area contributed by atoms with Crippen molar-refractivity contribution in [3.8, 4) is 17.2 Å². The first kappa shape index (κ1) is 44.6. The van der Waals surface area contributed by atoms with Gasteiger partial charge in [0, 0.05) is 37.3 Å². The van der Waals surface area contributed by atoms with Gasteiger partial charge in [-0.3, -0.25) is 14.6 Å². The average Bonchev–Trinajstić information content (AvgIpc) is 3.39. The van der Waals surface area contributed by atoms with E-state index in [0.29, 0.717) is 83.7 Å². The molecule has 1 aromatic carbocycles. The summed E-state index contributed by atoms with van der Waals surface area (Å²) in [4.78, 5) is 49.4. The van der Waals surface area contributed by atoms with Crippen molar-refractivity contribution in [1.82, 2.24) is 15.1 Å². The zero-order valence-corrected chi connectivity index (χ0v) is 38.3. The number of amidine groups is 1. The number of piperazine rings is 1. The van der Waals surface area contributed by atoms with Crippen molar-refractivity contribution in [2.75, 3.05) is 40.3 Å². The summed E-state index contributed by atoms with van der Waals surface area (Å²) >= 11 is 0. The van der Waals surface area contributed by atoms with Crippen LogP contribution in [-0.4, -0.2) is 102 Å². The number of carbonyl (C=O) groups is 3. The Labute approximate surface area is 362 Å². The van der Waals surface area contributed by atoms with Gasteiger partial charge < -0.3 is 39.2 Å². The summed E-state index contributed by atoms with van der Waals surface area (Å²) in [7, 11) is 3.41. The Kier molecular flexibility index (Phi) is 12.7. The highest BCUT2D eigenvalue weighted by Gasteiger charge is 2.64. The normalized spacial score (nSPS) is 29.0. The number of hydrogen-bond acceptors (Lipinski definition) is 11. The number of rotatable bonds is 12. The van der Waals surface area contributed by atoms with E-state index in [4.69, 9.17) is 23.9 Å². The van der Waals surface area contributed by atoms with E-state index in [1.54, 1.807) is 11.8 Å². The van der Waals surface area contributed by atoms with Crippen molar-refractivity contribution >= 4 is 35.5 Å². The highest BCUT2D eigenvalue weighted by molar-refractivity contribution is 5.99. The number of carbonyl (C=O) groups excluding carboxylic acids is 3. The molecule has 1 amide bonds. The lowest BCUT2D eigenvalue weighted by molar-refractivity contribution is -0.167. The molecule has 2 aliphatic carbocycles. The number of nitrogens with zero attached hydrogens (tertiary/aromatic N) is 3. The summed E-state index contributed by atoms with van der Waals surface area (Å²) in [6.45, 7) is 21.0. The molecule has 3 saturated heterocycles. The van der Waals surface area contributed by atoms with Crippen LogP contribution >= 0.6 is 0 Å². The topological polar surface area (TPSA) is 139 Å². The summed E-state index contributed by atoms with van der Waals surface area (Å²) in [6, 6.07) is -0.231. The Balaban J connectivity index is 1.39. The average molecular weight is 841 g/mol. The predicted octanol–water partition coefficient (Wildman–Crippen LogP) is 7.63. The second-order valence-corrected chi connectivity index (χ2v) is 19.8. The lowest BCUT2D eigenvalue weighted by Crippen LogP contribution is -2.53. The SMILES string of the molecule is COC(=O)C(C)=CC1CC2C3N=C(C)NC(c4c(O)c(CCC(C)C)c5c(c4OC(=O)CC(=O)N4CCN(C)CC4)C=CC(C)(CCC=C(C)C)O5)=C3C3C2CC3C(C)(C)O1. The van der Waals surface area contributed by atoms with Gasteiger partial charge in [0.05, 0.1) is 47.5 Å². The first-order valence-corrected chi connectivity index (χ1v) is 22.4. The Hall–Kier alpha value is -4.42. The van der Waals surface area contributed by atoms with Crippen molar-refractivity contribution in [3.63, 3.8) is 0 Å². The van der Waals surface area contributed by atoms with E-state index < -0.39 is 23.6 Å². The number of benzene rings is 1. The largest absolute Gasteiger partial charge is 0.507 e. The number of likely N-dealkylation sites (N-methyl/N-ethyl adjacent to an activating group) is 1. The van der Waals surface area contributed by atoms with Gasteiger partial charge in [-0.05, 0) is 147 Å². The van der Waals surface area contributed by atoms with Gasteiger partial charge in [-0.25, -0.2) is 4.79 Å². The Morgan fingerprint density at radius 1 is 1.08 bits per heavy atom. The Morgan fingerprint density at radius 2 is 1.80 bits per heavy atom. The molecule has 0 spiro atoms. The minimum atomic E-state index is -0.692. The molecule has 12 nitrogen and oxygen atoms in total. The molecule has 5 aliphatic heterocycles. The van der Waals surface area contributed by atoms with Gasteiger partial charge in [0.1, 0.15) is 23.5 Å². The van der Waals surface area contributed by atoms with E-state index in [9.17, 15) is 19.5 Å². The van der Waals surface area contributed by atoms with Gasteiger partial charge in [0.2, 0.25) is 5.91 Å². The maximum Gasteiger partial charge on any atom is 0.333 e. The van der Waals surface area contributed by atoms with Crippen LogP contribution in [0.3, 0.4) is 0 Å². The lowest BCUT2D eigenvalue weighted by atomic mass is 9.56. The minimum Gasteiger partial charge on any atom is -0.507 e. The zero-order chi connectivity index (χ0) is 44.1. The summed E-state index contributed by atoms with van der Waals surface area (Å²) in [5.41, 5.74) is 3.91. The van der Waals surface area contributed by atoms with Crippen LogP contribution in [0.1, 0.15) is 118 Å². The summed E-state index contributed by atoms with van der Waals surface area (Å²) < 4.78 is 25.3. The number of methoxy groups -OCH3 is 1. The van der Waals surface area contributed by atoms with Crippen LogP contribution in [0.4, 0.5) is 0 Å². The number of esters is 2. The van der Waals surface area contributed by atoms with E-state index in [1.807, 2.05) is 32.2 Å². The number of amides is 1. The monoisotopic (exact) mass is 841 g/mol. The van der Waals surface area contributed by atoms with E-state index >= 15 is 0 Å². The van der Waals surface area contributed by atoms with Crippen LogP contribution in [0.25, 0.3) is 11.8 Å². The number of aliphatic imine (C=N–C) groups is 1. The van der Waals surface area contributed by atoms with Crippen molar-refractivity contribution in [1.29, 1.82) is 0 Å². The van der Waals surface area contributed by atoms with Gasteiger partial charge >= 0.3 is 11.9 Å². The van der Waals surface area contributed by atoms with Crippen molar-refractivity contribution in [2.45, 2.75) is 131 Å². The molecule has 7 atom stereocenters. The van der Waals surface area contributed by atoms with Gasteiger partial charge in [-0.1, -0.05) is 25.5 Å². The second kappa shape index (κ2) is 17.4. The predicted molar refractivity (Wildman–Crippen MR) is 237 cm³/mol. The standard InChI is InChI=1S/C49H68N4O8/c1-27(2)13-12-17-49(9)18-16-33-45(61-49)32(15-14-28(3)4)44(56)41(46(33)59-38(55)26-37(54)53-21-19-52(10)20-22-53)43-40-39-34-25-36(39)48(7,8)60-31(23-29(5)47(57)58-11)24-35(34)42(40)50-30(6)51-43/h13,16,18,23,28,31,34-36,39,42,56H,12,14-15,17,19-22,24-26H2,1-11H3,(H,50,51). The Morgan fingerprint density at radius 3 is 2.48 bits per heavy atom. The van der Waals surface area contributed by atoms with E-state index in [0.717, 1.165) is 37.9 Å². The maximum atomic E-state index is 14.1. The molecule has 2 N–H and O–H groups in total. The van der Waals surface area contributed by atoms with Gasteiger partial charge in [0.25, 0.3) is 0 Å². The molecule has 4 bridgehead atoms. The molecule has 2 saturated carbocycles. The third-order valence-electron chi connectivity index (χ3n) is 14.0. The molecular formula is C49H68N4O8. The fourth-order valence-electron chi connectivity index (χ4n) is 10.6. The lowest BCUT2D eigenvalue weighted by Gasteiger charge is -2.54. The number of fused-ring (bicyclic) bond motifs is 5. The molecule has 12 heteroatoms. The molecule has 0 aromatic heterocycles. The molecule has 7 aliphatic rings. The summed E-state index contributed by atoms with van der Waals surface area (Å²) in [5, 5.41) is 16.5. The van der Waals surface area contributed by atoms with Gasteiger partial charge in [-0.15, -0.1) is 0 Å². The van der Waals surface area contributed by atoms with Crippen LogP contribution in [0.2, 0.25) is 0 Å². The van der Waals surface area contributed by atoms with Crippen molar-refractivity contribution < 1.29 is 38.4 Å². The number of hydrogen-bond donors (Lipinski definition) is 2. The molecule has 7 unspecified atom stereocenters. The number of phenols is 1. The number of ether oxygens (including phenoxy) is 4. The molecule has 0 radical (unpaired) electrons. The van der Waals surface area contributed by atoms with Crippen LogP contribution in [0.15, 0.2) is 39.9 Å². The van der Waals surface area contributed by atoms with Gasteiger partial charge in [-0.2, -0.15) is 0 Å². The molecular weight excluding hydrogens is 773 g/mol. The number of phenolic OH excluding ortho intramolecular Hbond substituents is 1. The fraction of sp³-hybridized carbons (Fsp3) is 0.633. The van der Waals surface area contributed by atoms with Crippen molar-refractivity contribution in [3.05, 3.63) is 51.6 Å². The van der Waals surface area contributed by atoms with E-state index in [1.165, 1.54) is 12.7 Å². The van der Waals surface area contributed by atoms with E-state index in [2.05, 4.69) is 64.8 Å². The molecule has 5 heterocycles. The number of nitrogens with one attached hydrogen (secondary N) is 1. The van der Waals surface area contributed by atoms with Crippen LogP contribution in [0, 0.1) is 29.6 Å². The van der Waals surface area contributed by atoms with Crippen LogP contribution in [-0.2, 0) is 30.3 Å². The molecule has 5 fully saturated rings. The van der Waals surface area contributed by atoms with E-state index in [-0.39, 0.29) is 53.3 Å². The van der Waals surface area contributed by atoms with Crippen LogP contribution < -0.4 is 14.8 Å². The second-order valence-electron chi connectivity index (χ2n) is 19.8. The molecule has 61 heavy (non-hydrogen) atoms. The summed E-state index contributed by atoms with van der Waals surface area (Å²) in [6.07, 6.45) is 11.8. The molecule has 1 aromatic rings. The van der Waals surface area contributed by atoms with Crippen molar-refractivity contribution in [2.24, 2.45) is 34.6 Å². The quantitative estimate of drug-likeness (QED) is 0.0711. The molecule has 8 rings (SSSR count). The highest BCUT2D eigenvalue weighted by Crippen LogP contribution is 2.66. The van der Waals surface area contributed by atoms with Crippen LogP contribution in [0.5, 0.6) is 17.2 Å². The summed E-state index contributed by atoms with van der Waals surface area (Å²) in [5.74, 6) is 0.967. The number of allylic oxidation sites excluding steroid dienone is 2. The molecule has 332 valence electrons. The first-order valence-electron chi connectivity index (χ1n) is 22.4. The highest BCUT2D eigenvalue weighted by atomic mass is 16.5. The Bertz CT molecular complexity index is 2080. The third-order valence-corrected chi connectivity index (χ3v) is 14.0. The third kappa shape index (κ3) is 8.94. The fourth-order valence-corrected chi connectivity index (χ4v) is 10.6.